The lowest BCUT2D eigenvalue weighted by molar-refractivity contribution is 0.0636. The lowest BCUT2D eigenvalue weighted by atomic mass is 10.0. The molecule has 2 aliphatic heterocycles. The minimum atomic E-state index is 0.0278. The van der Waals surface area contributed by atoms with Gasteiger partial charge in [-0.15, -0.1) is 0 Å². The number of rotatable bonds is 1. The first kappa shape index (κ1) is 15.4. The van der Waals surface area contributed by atoms with Crippen LogP contribution in [0.1, 0.15) is 55.2 Å². The summed E-state index contributed by atoms with van der Waals surface area (Å²) in [4.78, 5) is 32.1. The van der Waals surface area contributed by atoms with Crippen molar-refractivity contribution in [2.75, 3.05) is 6.54 Å². The van der Waals surface area contributed by atoms with Crippen LogP contribution in [0.4, 0.5) is 0 Å². The molecule has 1 fully saturated rings. The molecule has 0 bridgehead atoms. The monoisotopic (exact) mass is 325 g/mol. The van der Waals surface area contributed by atoms with Crippen molar-refractivity contribution in [1.29, 1.82) is 0 Å². The molecule has 1 amide bonds. The third-order valence-corrected chi connectivity index (χ3v) is 5.38. The van der Waals surface area contributed by atoms with Crippen LogP contribution < -0.4 is 5.56 Å². The molecule has 2 aromatic rings. The number of carbonyl (C=O) groups excluding carboxylic acids is 1. The van der Waals surface area contributed by atoms with E-state index < -0.39 is 0 Å². The number of hydrogen-bond donors (Lipinski definition) is 0. The summed E-state index contributed by atoms with van der Waals surface area (Å²) in [6.45, 7) is 3.68. The van der Waals surface area contributed by atoms with Gasteiger partial charge < -0.3 is 4.90 Å². The van der Waals surface area contributed by atoms with Crippen molar-refractivity contribution in [3.05, 3.63) is 39.9 Å². The Balaban J connectivity index is 1.75. The minimum absolute atomic E-state index is 0.0278. The molecule has 1 atom stereocenters. The Morgan fingerprint density at radius 1 is 1.17 bits per heavy atom. The molecule has 0 saturated carbocycles. The average molecular weight is 325 g/mol. The van der Waals surface area contributed by atoms with Gasteiger partial charge in [0.05, 0.1) is 10.9 Å². The SMILES string of the molecule is CC1CCCCN1C(=O)c1ccc2c(=O)n3c(nc2c1)CCCC3. The molecule has 1 saturated heterocycles. The summed E-state index contributed by atoms with van der Waals surface area (Å²) in [5, 5.41) is 0.615. The number of aryl methyl sites for hydroxylation is 1. The normalized spacial score (nSPS) is 20.9. The zero-order chi connectivity index (χ0) is 16.7. The van der Waals surface area contributed by atoms with Gasteiger partial charge in [0.2, 0.25) is 0 Å². The number of fused-ring (bicyclic) bond motifs is 2. The van der Waals surface area contributed by atoms with E-state index in [0.717, 1.165) is 51.0 Å². The first-order chi connectivity index (χ1) is 11.6. The predicted molar refractivity (Wildman–Crippen MR) is 93.3 cm³/mol. The molecule has 0 aliphatic carbocycles. The van der Waals surface area contributed by atoms with Crippen LogP contribution in [-0.4, -0.2) is 32.9 Å². The van der Waals surface area contributed by atoms with E-state index in [-0.39, 0.29) is 17.5 Å². The van der Waals surface area contributed by atoms with Gasteiger partial charge in [0.25, 0.3) is 11.5 Å². The molecule has 1 aromatic carbocycles. The second kappa shape index (κ2) is 6.04. The Morgan fingerprint density at radius 3 is 2.83 bits per heavy atom. The Kier molecular flexibility index (Phi) is 3.87. The first-order valence-corrected chi connectivity index (χ1v) is 8.99. The molecule has 1 unspecified atom stereocenters. The molecule has 0 spiro atoms. The van der Waals surface area contributed by atoms with Crippen LogP contribution in [0.5, 0.6) is 0 Å². The van der Waals surface area contributed by atoms with Crippen molar-refractivity contribution in [2.24, 2.45) is 0 Å². The second-order valence-corrected chi connectivity index (χ2v) is 7.02. The Labute approximate surface area is 141 Å². The van der Waals surface area contributed by atoms with E-state index in [1.54, 1.807) is 22.8 Å². The summed E-state index contributed by atoms with van der Waals surface area (Å²) < 4.78 is 1.79. The number of nitrogens with zero attached hydrogens (tertiary/aromatic N) is 3. The number of hydrogen-bond acceptors (Lipinski definition) is 3. The zero-order valence-electron chi connectivity index (χ0n) is 14.1. The molecule has 0 radical (unpaired) electrons. The Hall–Kier alpha value is -2.17. The highest BCUT2D eigenvalue weighted by Gasteiger charge is 2.25. The van der Waals surface area contributed by atoms with Gasteiger partial charge in [-0.05, 0) is 57.2 Å². The number of likely N-dealkylation sites (tertiary alicyclic amines) is 1. The van der Waals surface area contributed by atoms with Gasteiger partial charge in [-0.2, -0.15) is 0 Å². The van der Waals surface area contributed by atoms with Crippen LogP contribution in [0.3, 0.4) is 0 Å². The number of aromatic nitrogens is 2. The summed E-state index contributed by atoms with van der Waals surface area (Å²) in [6.07, 6.45) is 6.26. The molecular weight excluding hydrogens is 302 g/mol. The fourth-order valence-corrected chi connectivity index (χ4v) is 3.94. The zero-order valence-corrected chi connectivity index (χ0v) is 14.1. The van der Waals surface area contributed by atoms with Crippen LogP contribution in [0.25, 0.3) is 10.9 Å². The van der Waals surface area contributed by atoms with Crippen molar-refractivity contribution in [3.8, 4) is 0 Å². The Bertz CT molecular complexity index is 856. The van der Waals surface area contributed by atoms with Crippen LogP contribution in [0.2, 0.25) is 0 Å². The summed E-state index contributed by atoms with van der Waals surface area (Å²) in [7, 11) is 0. The molecule has 4 rings (SSSR count). The van der Waals surface area contributed by atoms with Crippen LogP contribution in [0, 0.1) is 0 Å². The maximum atomic E-state index is 12.8. The van der Waals surface area contributed by atoms with Gasteiger partial charge in [0.1, 0.15) is 5.82 Å². The second-order valence-electron chi connectivity index (χ2n) is 7.02. The molecule has 1 aromatic heterocycles. The molecular formula is C19H23N3O2. The fourth-order valence-electron chi connectivity index (χ4n) is 3.94. The molecule has 2 aliphatic rings. The van der Waals surface area contributed by atoms with E-state index in [0.29, 0.717) is 16.5 Å². The van der Waals surface area contributed by atoms with E-state index >= 15 is 0 Å². The summed E-state index contributed by atoms with van der Waals surface area (Å²) in [5.74, 6) is 0.915. The molecule has 0 N–H and O–H groups in total. The smallest absolute Gasteiger partial charge is 0.261 e. The first-order valence-electron chi connectivity index (χ1n) is 8.99. The number of piperidine rings is 1. The van der Waals surface area contributed by atoms with Crippen molar-refractivity contribution in [1.82, 2.24) is 14.5 Å². The van der Waals surface area contributed by atoms with Gasteiger partial charge >= 0.3 is 0 Å². The average Bonchev–Trinajstić information content (AvgIpc) is 2.61. The standard InChI is InChI=1S/C19H23N3O2/c1-13-6-2-4-10-21(13)18(23)14-8-9-15-16(12-14)20-17-7-3-5-11-22(17)19(15)24/h8-9,12-13H,2-7,10-11H2,1H3. The lowest BCUT2D eigenvalue weighted by Gasteiger charge is -2.33. The number of carbonyl (C=O) groups is 1. The predicted octanol–water partition coefficient (Wildman–Crippen LogP) is 2.75. The van der Waals surface area contributed by atoms with E-state index in [2.05, 4.69) is 11.9 Å². The summed E-state index contributed by atoms with van der Waals surface area (Å²) in [6, 6.07) is 5.64. The van der Waals surface area contributed by atoms with E-state index in [1.807, 2.05) is 4.90 Å². The van der Waals surface area contributed by atoms with Crippen molar-refractivity contribution < 1.29 is 4.79 Å². The quantitative estimate of drug-likeness (QED) is 0.810. The topological polar surface area (TPSA) is 55.2 Å². The highest BCUT2D eigenvalue weighted by Crippen LogP contribution is 2.21. The van der Waals surface area contributed by atoms with E-state index in [1.165, 1.54) is 6.42 Å². The van der Waals surface area contributed by atoms with Gasteiger partial charge in [0, 0.05) is 31.1 Å². The fraction of sp³-hybridized carbons (Fsp3) is 0.526. The van der Waals surface area contributed by atoms with Crippen molar-refractivity contribution in [2.45, 2.75) is 58.0 Å². The maximum Gasteiger partial charge on any atom is 0.261 e. The van der Waals surface area contributed by atoms with Gasteiger partial charge in [0.15, 0.2) is 0 Å². The summed E-state index contributed by atoms with van der Waals surface area (Å²) >= 11 is 0. The van der Waals surface area contributed by atoms with Crippen LogP contribution in [-0.2, 0) is 13.0 Å². The van der Waals surface area contributed by atoms with Crippen molar-refractivity contribution >= 4 is 16.8 Å². The van der Waals surface area contributed by atoms with Gasteiger partial charge in [-0.3, -0.25) is 14.2 Å². The van der Waals surface area contributed by atoms with Crippen LogP contribution in [0.15, 0.2) is 23.0 Å². The minimum Gasteiger partial charge on any atom is -0.336 e. The van der Waals surface area contributed by atoms with Gasteiger partial charge in [-0.1, -0.05) is 0 Å². The molecule has 126 valence electrons. The largest absolute Gasteiger partial charge is 0.336 e. The number of benzene rings is 1. The van der Waals surface area contributed by atoms with E-state index in [9.17, 15) is 9.59 Å². The van der Waals surface area contributed by atoms with Crippen molar-refractivity contribution in [3.63, 3.8) is 0 Å². The molecule has 5 nitrogen and oxygen atoms in total. The van der Waals surface area contributed by atoms with E-state index in [4.69, 9.17) is 0 Å². The highest BCUT2D eigenvalue weighted by atomic mass is 16.2. The molecule has 24 heavy (non-hydrogen) atoms. The molecule has 5 heteroatoms. The third kappa shape index (κ3) is 2.52. The molecule has 3 heterocycles. The third-order valence-electron chi connectivity index (χ3n) is 5.38. The number of amides is 1. The lowest BCUT2D eigenvalue weighted by Crippen LogP contribution is -2.42. The maximum absolute atomic E-state index is 12.8. The van der Waals surface area contributed by atoms with Crippen LogP contribution >= 0.6 is 0 Å². The van der Waals surface area contributed by atoms with Gasteiger partial charge in [-0.25, -0.2) is 4.98 Å². The Morgan fingerprint density at radius 2 is 2.00 bits per heavy atom. The highest BCUT2D eigenvalue weighted by molar-refractivity contribution is 5.97. The summed E-state index contributed by atoms with van der Waals surface area (Å²) in [5.41, 5.74) is 1.33.